The van der Waals surface area contributed by atoms with Crippen LogP contribution >= 0.6 is 34.0 Å². The Balaban J connectivity index is 1.06. The maximum Gasteiger partial charge on any atom is 0.158 e. The van der Waals surface area contributed by atoms with E-state index in [0.717, 1.165) is 16.7 Å². The molecule has 0 saturated heterocycles. The standard InChI is InChI=1S/C45H29N3S3/c46-44(48-45(47-26-27-10-2-1-3-11-27)36-17-9-16-35-32-13-5-7-19-39(32)51-43(35)36)29-21-23-40-37(24-29)33-22-20-28(25-41(33)49-40)30-14-8-15-34-31-12-4-6-18-38(31)50-42(30)34/h1-25H,26H2,(H2,46,47,48). The van der Waals surface area contributed by atoms with Crippen molar-refractivity contribution in [1.82, 2.24) is 0 Å². The number of nitrogens with two attached hydrogens (primary N) is 1. The van der Waals surface area contributed by atoms with Crippen LogP contribution in [0.1, 0.15) is 16.7 Å². The molecule has 0 saturated carbocycles. The van der Waals surface area contributed by atoms with Gasteiger partial charge in [-0.15, -0.1) is 34.0 Å². The van der Waals surface area contributed by atoms with Crippen LogP contribution in [0.5, 0.6) is 0 Å². The van der Waals surface area contributed by atoms with Gasteiger partial charge >= 0.3 is 0 Å². The van der Waals surface area contributed by atoms with Gasteiger partial charge in [0.25, 0.3) is 0 Å². The van der Waals surface area contributed by atoms with Crippen LogP contribution < -0.4 is 5.73 Å². The summed E-state index contributed by atoms with van der Waals surface area (Å²) in [7, 11) is 0. The third-order valence-corrected chi connectivity index (χ3v) is 13.2. The highest BCUT2D eigenvalue weighted by atomic mass is 32.1. The number of hydrogen-bond acceptors (Lipinski definition) is 4. The predicted molar refractivity (Wildman–Crippen MR) is 224 cm³/mol. The summed E-state index contributed by atoms with van der Waals surface area (Å²) in [5.41, 5.74) is 12.4. The number of aliphatic imine (C=N–C) groups is 2. The Morgan fingerprint density at radius 1 is 0.490 bits per heavy atom. The molecule has 2 N–H and O–H groups in total. The summed E-state index contributed by atoms with van der Waals surface area (Å²) < 4.78 is 7.56. The molecule has 3 aromatic heterocycles. The summed E-state index contributed by atoms with van der Waals surface area (Å²) >= 11 is 5.47. The van der Waals surface area contributed by atoms with Gasteiger partial charge in [-0.3, -0.25) is 4.99 Å². The highest BCUT2D eigenvalue weighted by Gasteiger charge is 2.16. The minimum absolute atomic E-state index is 0.453. The number of fused-ring (bicyclic) bond motifs is 9. The Morgan fingerprint density at radius 3 is 1.94 bits per heavy atom. The van der Waals surface area contributed by atoms with E-state index in [1.807, 2.05) is 40.9 Å². The molecular formula is C45H29N3S3. The van der Waals surface area contributed by atoms with Crippen molar-refractivity contribution >= 4 is 106 Å². The zero-order valence-corrected chi connectivity index (χ0v) is 29.8. The molecule has 242 valence electrons. The monoisotopic (exact) mass is 707 g/mol. The van der Waals surface area contributed by atoms with Crippen LogP contribution in [0.15, 0.2) is 162 Å². The molecule has 10 aromatic rings. The predicted octanol–water partition coefficient (Wildman–Crippen LogP) is 12.8. The fraction of sp³-hybridized carbons (Fsp3) is 0.0222. The van der Waals surface area contributed by atoms with Gasteiger partial charge in [0.1, 0.15) is 5.84 Å². The molecule has 51 heavy (non-hydrogen) atoms. The molecule has 0 aliphatic rings. The van der Waals surface area contributed by atoms with E-state index >= 15 is 0 Å². The van der Waals surface area contributed by atoms with Crippen molar-refractivity contribution in [3.63, 3.8) is 0 Å². The molecule has 0 fully saturated rings. The Hall–Kier alpha value is -5.66. The smallest absolute Gasteiger partial charge is 0.158 e. The van der Waals surface area contributed by atoms with Gasteiger partial charge < -0.3 is 5.73 Å². The molecule has 0 spiro atoms. The minimum Gasteiger partial charge on any atom is -0.383 e. The van der Waals surface area contributed by atoms with Gasteiger partial charge in [-0.25, -0.2) is 4.99 Å². The van der Waals surface area contributed by atoms with Crippen LogP contribution in [0, 0.1) is 0 Å². The molecule has 0 atom stereocenters. The summed E-state index contributed by atoms with van der Waals surface area (Å²) in [5.74, 6) is 1.10. The lowest BCUT2D eigenvalue weighted by molar-refractivity contribution is 1.06. The fourth-order valence-corrected chi connectivity index (χ4v) is 10.7. The molecule has 0 unspecified atom stereocenters. The number of nitrogens with zero attached hydrogens (tertiary/aromatic N) is 2. The molecule has 3 nitrogen and oxygen atoms in total. The lowest BCUT2D eigenvalue weighted by Crippen LogP contribution is -2.16. The largest absolute Gasteiger partial charge is 0.383 e. The van der Waals surface area contributed by atoms with Gasteiger partial charge in [0.2, 0.25) is 0 Å². The van der Waals surface area contributed by atoms with Gasteiger partial charge in [-0.1, -0.05) is 109 Å². The molecule has 7 aromatic carbocycles. The summed E-state index contributed by atoms with van der Waals surface area (Å²) in [6, 6.07) is 53.9. The van der Waals surface area contributed by atoms with Crippen molar-refractivity contribution in [1.29, 1.82) is 0 Å². The zero-order valence-electron chi connectivity index (χ0n) is 27.3. The highest BCUT2D eigenvalue weighted by molar-refractivity contribution is 7.27. The summed E-state index contributed by atoms with van der Waals surface area (Å²) in [4.78, 5) is 10.2. The van der Waals surface area contributed by atoms with Gasteiger partial charge in [-0.2, -0.15) is 0 Å². The SMILES string of the molecule is NC(=NC(=NCc1ccccc1)c1cccc2c1sc1ccccc12)c1ccc2sc3cc(-c4cccc5c4sc4ccccc45)ccc3c2c1. The van der Waals surface area contributed by atoms with E-state index in [2.05, 4.69) is 133 Å². The number of amidine groups is 2. The average molecular weight is 708 g/mol. The Kier molecular flexibility index (Phi) is 7.27. The summed E-state index contributed by atoms with van der Waals surface area (Å²) in [5, 5.41) is 7.51. The van der Waals surface area contributed by atoms with Crippen LogP contribution in [-0.4, -0.2) is 11.7 Å². The summed E-state index contributed by atoms with van der Waals surface area (Å²) in [6.45, 7) is 0.514. The molecule has 0 amide bonds. The van der Waals surface area contributed by atoms with Gasteiger partial charge in [0.15, 0.2) is 5.84 Å². The zero-order chi connectivity index (χ0) is 33.9. The normalized spacial score (nSPS) is 12.7. The van der Waals surface area contributed by atoms with Crippen LogP contribution in [0.25, 0.3) is 71.6 Å². The Labute approximate surface area is 306 Å². The van der Waals surface area contributed by atoms with Crippen LogP contribution in [0.4, 0.5) is 0 Å². The third-order valence-electron chi connectivity index (χ3n) is 9.61. The molecule has 0 bridgehead atoms. The topological polar surface area (TPSA) is 50.7 Å². The van der Waals surface area contributed by atoms with E-state index in [1.165, 1.54) is 71.6 Å². The molecule has 3 heterocycles. The lowest BCUT2D eigenvalue weighted by Gasteiger charge is -2.08. The van der Waals surface area contributed by atoms with Crippen molar-refractivity contribution in [3.8, 4) is 11.1 Å². The summed E-state index contributed by atoms with van der Waals surface area (Å²) in [6.07, 6.45) is 0. The first kappa shape index (κ1) is 30.2. The molecule has 10 rings (SSSR count). The second-order valence-corrected chi connectivity index (χ2v) is 15.9. The molecule has 0 radical (unpaired) electrons. The van der Waals surface area contributed by atoms with Crippen molar-refractivity contribution in [2.75, 3.05) is 0 Å². The van der Waals surface area contributed by atoms with E-state index < -0.39 is 0 Å². The molecule has 0 aliphatic carbocycles. The van der Waals surface area contributed by atoms with Crippen molar-refractivity contribution in [3.05, 3.63) is 168 Å². The van der Waals surface area contributed by atoms with Gasteiger partial charge in [0.05, 0.1) is 6.54 Å². The van der Waals surface area contributed by atoms with E-state index in [0.29, 0.717) is 18.2 Å². The number of rotatable bonds is 5. The van der Waals surface area contributed by atoms with Crippen LogP contribution in [0.3, 0.4) is 0 Å². The van der Waals surface area contributed by atoms with Gasteiger partial charge in [0, 0.05) is 71.6 Å². The van der Waals surface area contributed by atoms with E-state index in [9.17, 15) is 0 Å². The van der Waals surface area contributed by atoms with Crippen molar-refractivity contribution < 1.29 is 0 Å². The average Bonchev–Trinajstić information content (AvgIpc) is 3.87. The van der Waals surface area contributed by atoms with Crippen LogP contribution in [0.2, 0.25) is 0 Å². The van der Waals surface area contributed by atoms with E-state index in [-0.39, 0.29) is 0 Å². The Morgan fingerprint density at radius 2 is 1.14 bits per heavy atom. The second-order valence-electron chi connectivity index (χ2n) is 12.7. The minimum atomic E-state index is 0.453. The maximum absolute atomic E-state index is 6.89. The quantitative estimate of drug-likeness (QED) is 0.140. The number of thiophene rings is 3. The molecule has 0 aliphatic heterocycles. The van der Waals surface area contributed by atoms with Crippen molar-refractivity contribution in [2.45, 2.75) is 6.54 Å². The van der Waals surface area contributed by atoms with E-state index in [4.69, 9.17) is 15.7 Å². The third kappa shape index (κ3) is 5.23. The first-order valence-corrected chi connectivity index (χ1v) is 19.3. The lowest BCUT2D eigenvalue weighted by atomic mass is 10.0. The molecular weight excluding hydrogens is 679 g/mol. The van der Waals surface area contributed by atoms with Crippen LogP contribution in [-0.2, 0) is 6.54 Å². The molecule has 6 heteroatoms. The first-order chi connectivity index (χ1) is 25.2. The first-order valence-electron chi connectivity index (χ1n) is 16.9. The van der Waals surface area contributed by atoms with Gasteiger partial charge in [-0.05, 0) is 59.2 Å². The number of benzene rings is 7. The number of hydrogen-bond donors (Lipinski definition) is 1. The second kappa shape index (κ2) is 12.3. The van der Waals surface area contributed by atoms with E-state index in [1.54, 1.807) is 11.3 Å². The highest BCUT2D eigenvalue weighted by Crippen LogP contribution is 2.42. The van der Waals surface area contributed by atoms with Crippen molar-refractivity contribution in [2.24, 2.45) is 15.7 Å². The maximum atomic E-state index is 6.89. The Bertz CT molecular complexity index is 3020. The fourth-order valence-electron chi connectivity index (χ4n) is 7.11.